The van der Waals surface area contributed by atoms with Gasteiger partial charge in [-0.2, -0.15) is 0 Å². The molecule has 0 N–H and O–H groups in total. The zero-order valence-corrected chi connectivity index (χ0v) is 14.7. The van der Waals surface area contributed by atoms with Crippen LogP contribution in [0.5, 0.6) is 0 Å². The summed E-state index contributed by atoms with van der Waals surface area (Å²) in [6, 6.07) is 17.4. The van der Waals surface area contributed by atoms with Gasteiger partial charge in [-0.05, 0) is 34.8 Å². The first-order valence-corrected chi connectivity index (χ1v) is 8.72. The van der Waals surface area contributed by atoms with E-state index in [2.05, 4.69) is 66.6 Å². The van der Waals surface area contributed by atoms with Crippen molar-refractivity contribution in [1.82, 2.24) is 4.90 Å². The highest BCUT2D eigenvalue weighted by Crippen LogP contribution is 2.20. The Morgan fingerprint density at radius 1 is 1.08 bits per heavy atom. The van der Waals surface area contributed by atoms with Gasteiger partial charge in [0.1, 0.15) is 12.4 Å². The third kappa shape index (κ3) is 4.94. The minimum Gasteiger partial charge on any atom is -0.490 e. The van der Waals surface area contributed by atoms with Crippen molar-refractivity contribution >= 4 is 0 Å². The van der Waals surface area contributed by atoms with E-state index in [1.54, 1.807) is 6.08 Å². The fraction of sp³-hybridized carbons (Fsp3) is 0.217. The van der Waals surface area contributed by atoms with Gasteiger partial charge in [0.05, 0.1) is 0 Å². The number of ether oxygens (including phenoxy) is 1. The van der Waals surface area contributed by atoms with Crippen molar-refractivity contribution in [2.75, 3.05) is 6.54 Å². The molecule has 2 aromatic carbocycles. The molecule has 0 atom stereocenters. The molecule has 0 spiro atoms. The van der Waals surface area contributed by atoms with Gasteiger partial charge in [-0.15, -0.1) is 0 Å². The largest absolute Gasteiger partial charge is 0.490 e. The van der Waals surface area contributed by atoms with E-state index in [0.717, 1.165) is 26.1 Å². The summed E-state index contributed by atoms with van der Waals surface area (Å²) in [6.07, 6.45) is 6.50. The zero-order chi connectivity index (χ0) is 17.5. The van der Waals surface area contributed by atoms with E-state index in [9.17, 15) is 0 Å². The van der Waals surface area contributed by atoms with Crippen LogP contribution in [0.2, 0.25) is 0 Å². The van der Waals surface area contributed by atoms with Crippen LogP contribution in [0, 0.1) is 0 Å². The van der Waals surface area contributed by atoms with E-state index in [-0.39, 0.29) is 0 Å². The predicted molar refractivity (Wildman–Crippen MR) is 104 cm³/mol. The average Bonchev–Trinajstić information content (AvgIpc) is 2.65. The standard InChI is InChI=1S/C23H25NO/c1-3-4-8-19(2)25-18-21-10-7-9-20(15-21)16-24-14-13-22-11-5-6-12-23(22)17-24/h3-12,15H,1-2,13-14,16-18H2. The Balaban J connectivity index is 1.58. The van der Waals surface area contributed by atoms with Crippen LogP contribution < -0.4 is 0 Å². The average molecular weight is 331 g/mol. The third-order valence-corrected chi connectivity index (χ3v) is 4.45. The second-order valence-electron chi connectivity index (χ2n) is 6.40. The number of fused-ring (bicyclic) bond motifs is 1. The molecule has 0 aliphatic carbocycles. The minimum absolute atomic E-state index is 0.539. The van der Waals surface area contributed by atoms with E-state index in [4.69, 9.17) is 4.74 Å². The molecule has 0 amide bonds. The Hall–Kier alpha value is -2.58. The van der Waals surface area contributed by atoms with Crippen LogP contribution in [-0.2, 0) is 30.9 Å². The summed E-state index contributed by atoms with van der Waals surface area (Å²) in [7, 11) is 0. The number of nitrogens with zero attached hydrogens (tertiary/aromatic N) is 1. The summed E-state index contributed by atoms with van der Waals surface area (Å²) < 4.78 is 5.68. The SMILES string of the molecule is C=CC=CC(=C)OCc1cccc(CN2CCc3ccccc3C2)c1. The second kappa shape index (κ2) is 8.50. The van der Waals surface area contributed by atoms with Crippen molar-refractivity contribution in [3.63, 3.8) is 0 Å². The maximum Gasteiger partial charge on any atom is 0.113 e. The van der Waals surface area contributed by atoms with Crippen molar-refractivity contribution in [3.8, 4) is 0 Å². The van der Waals surface area contributed by atoms with Crippen molar-refractivity contribution in [2.24, 2.45) is 0 Å². The summed E-state index contributed by atoms with van der Waals surface area (Å²) in [5, 5.41) is 0. The Morgan fingerprint density at radius 3 is 2.72 bits per heavy atom. The van der Waals surface area contributed by atoms with E-state index < -0.39 is 0 Å². The molecule has 25 heavy (non-hydrogen) atoms. The fourth-order valence-electron chi connectivity index (χ4n) is 3.16. The molecule has 1 heterocycles. The van der Waals surface area contributed by atoms with Gasteiger partial charge in [-0.3, -0.25) is 4.90 Å². The first-order valence-electron chi connectivity index (χ1n) is 8.72. The lowest BCUT2D eigenvalue weighted by molar-refractivity contribution is 0.212. The molecule has 0 fully saturated rings. The van der Waals surface area contributed by atoms with E-state index in [1.807, 2.05) is 12.2 Å². The monoisotopic (exact) mass is 331 g/mol. The van der Waals surface area contributed by atoms with Crippen molar-refractivity contribution < 1.29 is 4.74 Å². The van der Waals surface area contributed by atoms with Crippen LogP contribution in [0.3, 0.4) is 0 Å². The van der Waals surface area contributed by atoms with Gasteiger partial charge in [0.15, 0.2) is 0 Å². The molecule has 2 heteroatoms. The van der Waals surface area contributed by atoms with Crippen molar-refractivity contribution in [3.05, 3.63) is 108 Å². The molecule has 0 aromatic heterocycles. The van der Waals surface area contributed by atoms with E-state index in [0.29, 0.717) is 12.4 Å². The predicted octanol–water partition coefficient (Wildman–Crippen LogP) is 5.02. The van der Waals surface area contributed by atoms with Crippen LogP contribution in [0.15, 0.2) is 85.7 Å². The Kier molecular flexibility index (Phi) is 5.86. The van der Waals surface area contributed by atoms with Gasteiger partial charge in [0.2, 0.25) is 0 Å². The third-order valence-electron chi connectivity index (χ3n) is 4.45. The van der Waals surface area contributed by atoms with Gasteiger partial charge in [-0.1, -0.05) is 73.8 Å². The van der Waals surface area contributed by atoms with Gasteiger partial charge in [0.25, 0.3) is 0 Å². The number of hydrogen-bond donors (Lipinski definition) is 0. The lowest BCUT2D eigenvalue weighted by Gasteiger charge is -2.28. The molecule has 1 aliphatic heterocycles. The van der Waals surface area contributed by atoms with Crippen LogP contribution in [0.25, 0.3) is 0 Å². The van der Waals surface area contributed by atoms with Crippen LogP contribution in [0.4, 0.5) is 0 Å². The molecule has 3 rings (SSSR count). The first-order chi connectivity index (χ1) is 12.2. The van der Waals surface area contributed by atoms with E-state index >= 15 is 0 Å². The Morgan fingerprint density at radius 2 is 1.88 bits per heavy atom. The zero-order valence-electron chi connectivity index (χ0n) is 14.7. The summed E-state index contributed by atoms with van der Waals surface area (Å²) in [5.74, 6) is 0.651. The number of allylic oxidation sites excluding steroid dienone is 3. The minimum atomic E-state index is 0.539. The van der Waals surface area contributed by atoms with Crippen LogP contribution in [0.1, 0.15) is 22.3 Å². The number of rotatable bonds is 7. The molecule has 2 nitrogen and oxygen atoms in total. The lowest BCUT2D eigenvalue weighted by Crippen LogP contribution is -2.29. The molecule has 0 unspecified atom stereocenters. The number of benzene rings is 2. The highest BCUT2D eigenvalue weighted by Gasteiger charge is 2.15. The molecular formula is C23H25NO. The lowest BCUT2D eigenvalue weighted by atomic mass is 9.99. The smallest absolute Gasteiger partial charge is 0.113 e. The van der Waals surface area contributed by atoms with Gasteiger partial charge in [-0.25, -0.2) is 0 Å². The summed E-state index contributed by atoms with van der Waals surface area (Å²) in [6.45, 7) is 11.2. The summed E-state index contributed by atoms with van der Waals surface area (Å²) in [5.41, 5.74) is 5.45. The van der Waals surface area contributed by atoms with Crippen LogP contribution >= 0.6 is 0 Å². The molecule has 128 valence electrons. The molecule has 0 bridgehead atoms. The maximum atomic E-state index is 5.68. The van der Waals surface area contributed by atoms with Gasteiger partial charge in [0, 0.05) is 19.6 Å². The normalized spacial score (nSPS) is 14.2. The topological polar surface area (TPSA) is 12.5 Å². The van der Waals surface area contributed by atoms with Gasteiger partial charge >= 0.3 is 0 Å². The Bertz CT molecular complexity index is 775. The maximum absolute atomic E-state index is 5.68. The quantitative estimate of drug-likeness (QED) is 0.522. The van der Waals surface area contributed by atoms with Crippen LogP contribution in [-0.4, -0.2) is 11.4 Å². The molecule has 1 aliphatic rings. The highest BCUT2D eigenvalue weighted by atomic mass is 16.5. The molecule has 0 saturated heterocycles. The van der Waals surface area contributed by atoms with Gasteiger partial charge < -0.3 is 4.74 Å². The molecule has 0 radical (unpaired) electrons. The molecule has 2 aromatic rings. The first kappa shape index (κ1) is 17.2. The molecule has 0 saturated carbocycles. The number of hydrogen-bond acceptors (Lipinski definition) is 2. The molecular weight excluding hydrogens is 306 g/mol. The summed E-state index contributed by atoms with van der Waals surface area (Å²) in [4.78, 5) is 2.51. The second-order valence-corrected chi connectivity index (χ2v) is 6.40. The Labute approximate surface area is 150 Å². The summed E-state index contributed by atoms with van der Waals surface area (Å²) >= 11 is 0. The highest BCUT2D eigenvalue weighted by molar-refractivity contribution is 5.30. The van der Waals surface area contributed by atoms with Crippen molar-refractivity contribution in [2.45, 2.75) is 26.1 Å². The van der Waals surface area contributed by atoms with E-state index in [1.165, 1.54) is 22.3 Å². The fourth-order valence-corrected chi connectivity index (χ4v) is 3.16. The van der Waals surface area contributed by atoms with Crippen molar-refractivity contribution in [1.29, 1.82) is 0 Å².